The quantitative estimate of drug-likeness (QED) is 0.149. The zero-order valence-corrected chi connectivity index (χ0v) is 26.3. The van der Waals surface area contributed by atoms with Crippen LogP contribution < -0.4 is 16.0 Å². The molecule has 0 unspecified atom stereocenters. The predicted molar refractivity (Wildman–Crippen MR) is 173 cm³/mol. The number of carbonyl (C=O) groups excluding carboxylic acids is 4. The molecule has 0 spiro atoms. The zero-order chi connectivity index (χ0) is 33.3. The summed E-state index contributed by atoms with van der Waals surface area (Å²) in [5.41, 5.74) is 2.31. The molecular weight excluding hydrogens is 588 g/mol. The van der Waals surface area contributed by atoms with E-state index in [4.69, 9.17) is 9.47 Å². The molecule has 0 aliphatic rings. The van der Waals surface area contributed by atoms with Crippen molar-refractivity contribution in [3.05, 3.63) is 102 Å². The van der Waals surface area contributed by atoms with Gasteiger partial charge in [0.25, 0.3) is 0 Å². The van der Waals surface area contributed by atoms with Crippen molar-refractivity contribution < 1.29 is 33.8 Å². The number of benzene rings is 3. The molecule has 0 aliphatic heterocycles. The summed E-state index contributed by atoms with van der Waals surface area (Å²) in [5.74, 6) is -1.83. The normalized spacial score (nSPS) is 13.2. The highest BCUT2D eigenvalue weighted by Gasteiger charge is 2.31. The summed E-state index contributed by atoms with van der Waals surface area (Å²) in [5, 5.41) is 18.8. The number of amides is 3. The molecule has 3 aromatic carbocycles. The summed E-state index contributed by atoms with van der Waals surface area (Å²) in [4.78, 5) is 56.4. The van der Waals surface area contributed by atoms with Crippen LogP contribution in [0, 0.1) is 0 Å². The molecule has 5 N–H and O–H groups in total. The largest absolute Gasteiger partial charge is 0.508 e. The maximum atomic E-state index is 13.9. The molecule has 0 aliphatic carbocycles. The molecule has 0 fully saturated rings. The first-order valence-corrected chi connectivity index (χ1v) is 15.0. The van der Waals surface area contributed by atoms with E-state index in [9.17, 15) is 24.3 Å². The van der Waals surface area contributed by atoms with E-state index in [1.807, 2.05) is 54.6 Å². The second-order valence-electron chi connectivity index (χ2n) is 12.0. The van der Waals surface area contributed by atoms with Crippen molar-refractivity contribution in [3.63, 3.8) is 0 Å². The summed E-state index contributed by atoms with van der Waals surface area (Å²) in [6, 6.07) is 19.7. The second-order valence-corrected chi connectivity index (χ2v) is 12.0. The molecule has 0 radical (unpaired) electrons. The average Bonchev–Trinajstić information content (AvgIpc) is 3.43. The number of aromatic amines is 1. The van der Waals surface area contributed by atoms with Crippen LogP contribution in [0.2, 0.25) is 0 Å². The summed E-state index contributed by atoms with van der Waals surface area (Å²) >= 11 is 0. The number of aromatic hydroxyl groups is 1. The van der Waals surface area contributed by atoms with Crippen molar-refractivity contribution >= 4 is 34.8 Å². The highest BCUT2D eigenvalue weighted by atomic mass is 16.6. The predicted octanol–water partition coefficient (Wildman–Crippen LogP) is 3.94. The lowest BCUT2D eigenvalue weighted by Gasteiger charge is -2.26. The number of methoxy groups -OCH3 is 1. The third-order valence-corrected chi connectivity index (χ3v) is 7.20. The van der Waals surface area contributed by atoms with Gasteiger partial charge in [0.15, 0.2) is 0 Å². The van der Waals surface area contributed by atoms with Crippen LogP contribution in [0.5, 0.6) is 5.75 Å². The number of fused-ring (bicyclic) bond motifs is 1. The molecule has 242 valence electrons. The van der Waals surface area contributed by atoms with Crippen molar-refractivity contribution in [2.24, 2.45) is 0 Å². The van der Waals surface area contributed by atoms with Crippen LogP contribution in [-0.4, -0.2) is 64.8 Å². The van der Waals surface area contributed by atoms with Crippen LogP contribution in [-0.2, 0) is 43.1 Å². The van der Waals surface area contributed by atoms with Crippen molar-refractivity contribution in [1.29, 1.82) is 0 Å². The number of H-pyrrole nitrogens is 1. The monoisotopic (exact) mass is 628 g/mol. The SMILES string of the molecule is COC(=O)[C@H](Cc1c[nH]c2ccccc12)NC(=O)[C@H](Cc1ccccc1)NC(=O)[C@H](Cc1ccc(O)cc1)NC(=O)OC(C)(C)C. The Labute approximate surface area is 267 Å². The Morgan fingerprint density at radius 2 is 1.30 bits per heavy atom. The first-order valence-electron chi connectivity index (χ1n) is 15.0. The van der Waals surface area contributed by atoms with E-state index < -0.39 is 47.6 Å². The number of para-hydroxylation sites is 1. The standard InChI is InChI=1S/C35H40N4O7/c1-35(2,3)46-34(44)39-29(19-23-14-16-25(40)17-15-23)32(42)37-28(18-22-10-6-5-7-11-22)31(41)38-30(33(43)45-4)20-24-21-36-27-13-9-8-12-26(24)27/h5-17,21,28-30,36,40H,18-20H2,1-4H3,(H,37,42)(H,38,41)(H,39,44)/t28-,29-,30-/m0/s1. The van der Waals surface area contributed by atoms with Crippen LogP contribution in [0.4, 0.5) is 4.79 Å². The van der Waals surface area contributed by atoms with Gasteiger partial charge in [0.2, 0.25) is 11.8 Å². The molecule has 0 saturated carbocycles. The Morgan fingerprint density at radius 3 is 1.93 bits per heavy atom. The molecule has 0 bridgehead atoms. The summed E-state index contributed by atoms with van der Waals surface area (Å²) in [6.45, 7) is 5.11. The molecule has 11 nitrogen and oxygen atoms in total. The van der Waals surface area contributed by atoms with Crippen molar-refractivity contribution in [1.82, 2.24) is 20.9 Å². The number of nitrogens with one attached hydrogen (secondary N) is 4. The van der Waals surface area contributed by atoms with Gasteiger partial charge in [-0.3, -0.25) is 9.59 Å². The van der Waals surface area contributed by atoms with Gasteiger partial charge in [-0.25, -0.2) is 9.59 Å². The summed E-state index contributed by atoms with van der Waals surface area (Å²) in [7, 11) is 1.25. The van der Waals surface area contributed by atoms with Gasteiger partial charge in [-0.1, -0.05) is 60.7 Å². The number of esters is 1. The molecule has 3 amide bonds. The number of phenolic OH excluding ortho intramolecular Hbond substituents is 1. The molecule has 4 rings (SSSR count). The lowest BCUT2D eigenvalue weighted by Crippen LogP contribution is -2.57. The highest BCUT2D eigenvalue weighted by Crippen LogP contribution is 2.20. The van der Waals surface area contributed by atoms with Gasteiger partial charge < -0.3 is 35.5 Å². The lowest BCUT2D eigenvalue weighted by molar-refractivity contribution is -0.145. The van der Waals surface area contributed by atoms with Crippen LogP contribution in [0.25, 0.3) is 10.9 Å². The number of hydrogen-bond acceptors (Lipinski definition) is 7. The van der Waals surface area contributed by atoms with Gasteiger partial charge in [-0.05, 0) is 55.7 Å². The highest BCUT2D eigenvalue weighted by molar-refractivity contribution is 5.94. The van der Waals surface area contributed by atoms with Gasteiger partial charge in [-0.2, -0.15) is 0 Å². The molecule has 46 heavy (non-hydrogen) atoms. The molecular formula is C35H40N4O7. The molecule has 1 aromatic heterocycles. The maximum Gasteiger partial charge on any atom is 0.408 e. The third kappa shape index (κ3) is 9.59. The van der Waals surface area contributed by atoms with Crippen LogP contribution in [0.1, 0.15) is 37.5 Å². The van der Waals surface area contributed by atoms with Gasteiger partial charge >= 0.3 is 12.1 Å². The van der Waals surface area contributed by atoms with E-state index in [1.165, 1.54) is 19.2 Å². The Kier molecular flexibility index (Phi) is 11.0. The maximum absolute atomic E-state index is 13.9. The van der Waals surface area contributed by atoms with E-state index in [1.54, 1.807) is 39.1 Å². The van der Waals surface area contributed by atoms with E-state index >= 15 is 0 Å². The van der Waals surface area contributed by atoms with Crippen LogP contribution in [0.3, 0.4) is 0 Å². The molecule has 3 atom stereocenters. The summed E-state index contributed by atoms with van der Waals surface area (Å²) in [6.07, 6.45) is 1.29. The van der Waals surface area contributed by atoms with Crippen LogP contribution >= 0.6 is 0 Å². The van der Waals surface area contributed by atoms with Crippen molar-refractivity contribution in [2.75, 3.05) is 7.11 Å². The van der Waals surface area contributed by atoms with Gasteiger partial charge in [0.05, 0.1) is 7.11 Å². The van der Waals surface area contributed by atoms with E-state index in [2.05, 4.69) is 20.9 Å². The fourth-order valence-corrected chi connectivity index (χ4v) is 4.99. The molecule has 11 heteroatoms. The first kappa shape index (κ1) is 33.6. The van der Waals surface area contributed by atoms with E-state index in [-0.39, 0.29) is 25.0 Å². The number of aromatic nitrogens is 1. The molecule has 0 saturated heterocycles. The minimum absolute atomic E-state index is 0.0520. The lowest BCUT2D eigenvalue weighted by atomic mass is 10.0. The van der Waals surface area contributed by atoms with Crippen molar-refractivity contribution in [3.8, 4) is 5.75 Å². The Balaban J connectivity index is 1.58. The van der Waals surface area contributed by atoms with Gasteiger partial charge in [-0.15, -0.1) is 0 Å². The fraction of sp³-hybridized carbons (Fsp3) is 0.314. The third-order valence-electron chi connectivity index (χ3n) is 7.20. The minimum atomic E-state index is -1.13. The van der Waals surface area contributed by atoms with Crippen LogP contribution in [0.15, 0.2) is 85.1 Å². The number of ether oxygens (including phenoxy) is 2. The second kappa shape index (κ2) is 15.1. The molecule has 4 aromatic rings. The number of phenols is 1. The smallest absolute Gasteiger partial charge is 0.408 e. The van der Waals surface area contributed by atoms with E-state index in [0.717, 1.165) is 22.0 Å². The Hall–Kier alpha value is -5.32. The minimum Gasteiger partial charge on any atom is -0.508 e. The topological polar surface area (TPSA) is 159 Å². The average molecular weight is 629 g/mol. The van der Waals surface area contributed by atoms with Gasteiger partial charge in [0.1, 0.15) is 29.5 Å². The Morgan fingerprint density at radius 1 is 0.739 bits per heavy atom. The number of rotatable bonds is 12. The Bertz CT molecular complexity index is 1640. The first-order chi connectivity index (χ1) is 21.9. The van der Waals surface area contributed by atoms with Gasteiger partial charge in [0, 0.05) is 36.4 Å². The van der Waals surface area contributed by atoms with E-state index in [0.29, 0.717) is 5.56 Å². The number of carbonyl (C=O) groups is 4. The zero-order valence-electron chi connectivity index (χ0n) is 26.3. The molecule has 1 heterocycles. The number of alkyl carbamates (subject to hydrolysis) is 1. The summed E-state index contributed by atoms with van der Waals surface area (Å²) < 4.78 is 10.4. The fourth-order valence-electron chi connectivity index (χ4n) is 4.99. The number of hydrogen-bond donors (Lipinski definition) is 5. The van der Waals surface area contributed by atoms with Crippen molar-refractivity contribution in [2.45, 2.75) is 63.8 Å².